The van der Waals surface area contributed by atoms with Gasteiger partial charge in [0.05, 0.1) is 12.3 Å². The average molecular weight is 237 g/mol. The number of anilines is 1. The number of aldehydes is 1. The van der Waals surface area contributed by atoms with E-state index in [0.717, 1.165) is 12.8 Å². The molecule has 17 heavy (non-hydrogen) atoms. The average Bonchev–Trinajstić information content (AvgIpc) is 3.15. The third-order valence-corrected chi connectivity index (χ3v) is 2.94. The molecule has 2 rings (SSSR count). The van der Waals surface area contributed by atoms with Crippen LogP contribution in [0, 0.1) is 5.82 Å². The molecule has 0 unspecified atom stereocenters. The monoisotopic (exact) mass is 237 g/mol. The van der Waals surface area contributed by atoms with Gasteiger partial charge in [-0.15, -0.1) is 0 Å². The van der Waals surface area contributed by atoms with E-state index in [4.69, 9.17) is 4.74 Å². The third kappa shape index (κ3) is 2.82. The van der Waals surface area contributed by atoms with Crippen molar-refractivity contribution in [3.8, 4) is 0 Å². The van der Waals surface area contributed by atoms with Crippen molar-refractivity contribution < 1.29 is 13.9 Å². The first-order valence-corrected chi connectivity index (χ1v) is 5.76. The Bertz CT molecular complexity index is 404. The molecule has 0 bridgehead atoms. The van der Waals surface area contributed by atoms with E-state index in [0.29, 0.717) is 36.7 Å². The van der Waals surface area contributed by atoms with Gasteiger partial charge in [0, 0.05) is 25.3 Å². The molecule has 0 aromatic heterocycles. The number of carbonyl (C=O) groups excluding carboxylic acids is 1. The Kier molecular flexibility index (Phi) is 3.74. The first kappa shape index (κ1) is 12.0. The van der Waals surface area contributed by atoms with Crippen LogP contribution in [0.1, 0.15) is 23.2 Å². The fourth-order valence-corrected chi connectivity index (χ4v) is 1.90. The van der Waals surface area contributed by atoms with Crippen LogP contribution >= 0.6 is 0 Å². The zero-order valence-corrected chi connectivity index (χ0v) is 9.86. The third-order valence-electron chi connectivity index (χ3n) is 2.94. The fraction of sp³-hybridized carbons (Fsp3) is 0.462. The van der Waals surface area contributed by atoms with Gasteiger partial charge in [-0.05, 0) is 31.0 Å². The normalized spacial score (nSPS) is 14.7. The van der Waals surface area contributed by atoms with Crippen LogP contribution in [0.15, 0.2) is 18.2 Å². The van der Waals surface area contributed by atoms with E-state index in [1.54, 1.807) is 19.2 Å². The smallest absolute Gasteiger partial charge is 0.150 e. The Labute approximate surface area is 100 Å². The van der Waals surface area contributed by atoms with Gasteiger partial charge in [0.1, 0.15) is 12.1 Å². The number of ether oxygens (including phenoxy) is 1. The predicted octanol–water partition coefficient (Wildman–Crippen LogP) is 2.25. The van der Waals surface area contributed by atoms with E-state index in [1.807, 2.05) is 4.90 Å². The van der Waals surface area contributed by atoms with E-state index in [9.17, 15) is 9.18 Å². The van der Waals surface area contributed by atoms with Crippen LogP contribution in [0.25, 0.3) is 0 Å². The first-order valence-electron chi connectivity index (χ1n) is 5.76. The first-order chi connectivity index (χ1) is 8.26. The minimum atomic E-state index is -0.336. The van der Waals surface area contributed by atoms with Crippen LogP contribution in [-0.2, 0) is 4.74 Å². The minimum Gasteiger partial charge on any atom is -0.383 e. The molecular formula is C13H16FNO2. The largest absolute Gasteiger partial charge is 0.383 e. The molecule has 0 amide bonds. The number of hydrogen-bond donors (Lipinski definition) is 0. The SMILES string of the molecule is COCCN(c1ccc(C=O)cc1F)C1CC1. The van der Waals surface area contributed by atoms with E-state index >= 15 is 0 Å². The number of benzene rings is 1. The van der Waals surface area contributed by atoms with Crippen molar-refractivity contribution in [2.24, 2.45) is 0 Å². The zero-order valence-electron chi connectivity index (χ0n) is 9.86. The quantitative estimate of drug-likeness (QED) is 0.711. The summed E-state index contributed by atoms with van der Waals surface area (Å²) in [5, 5.41) is 0. The number of rotatable bonds is 6. The van der Waals surface area contributed by atoms with Crippen molar-refractivity contribution in [1.29, 1.82) is 0 Å². The molecule has 0 radical (unpaired) electrons. The lowest BCUT2D eigenvalue weighted by Crippen LogP contribution is -2.30. The Morgan fingerprint density at radius 3 is 2.82 bits per heavy atom. The molecule has 3 nitrogen and oxygen atoms in total. The van der Waals surface area contributed by atoms with Crippen LogP contribution in [0.3, 0.4) is 0 Å². The zero-order chi connectivity index (χ0) is 12.3. The maximum atomic E-state index is 13.9. The van der Waals surface area contributed by atoms with Crippen molar-refractivity contribution in [3.05, 3.63) is 29.6 Å². The second kappa shape index (κ2) is 5.27. The van der Waals surface area contributed by atoms with Gasteiger partial charge in [0.25, 0.3) is 0 Å². The Hall–Kier alpha value is -1.42. The molecule has 4 heteroatoms. The summed E-state index contributed by atoms with van der Waals surface area (Å²) < 4.78 is 18.9. The summed E-state index contributed by atoms with van der Waals surface area (Å²) in [7, 11) is 1.64. The summed E-state index contributed by atoms with van der Waals surface area (Å²) in [6.07, 6.45) is 2.85. The predicted molar refractivity (Wildman–Crippen MR) is 64.0 cm³/mol. The summed E-state index contributed by atoms with van der Waals surface area (Å²) in [6.45, 7) is 1.25. The lowest BCUT2D eigenvalue weighted by molar-refractivity contribution is 0.112. The highest BCUT2D eigenvalue weighted by Crippen LogP contribution is 2.33. The standard InChI is InChI=1S/C13H16FNO2/c1-17-7-6-15(11-3-4-11)13-5-2-10(9-16)8-12(13)14/h2,5,8-9,11H,3-4,6-7H2,1H3. The lowest BCUT2D eigenvalue weighted by atomic mass is 10.2. The van der Waals surface area contributed by atoms with E-state index in [1.165, 1.54) is 6.07 Å². The van der Waals surface area contributed by atoms with Crippen LogP contribution in [-0.4, -0.2) is 32.6 Å². The molecule has 1 aromatic rings. The molecule has 0 saturated heterocycles. The molecule has 0 aliphatic heterocycles. The highest BCUT2D eigenvalue weighted by Gasteiger charge is 2.30. The van der Waals surface area contributed by atoms with Gasteiger partial charge in [-0.2, -0.15) is 0 Å². The van der Waals surface area contributed by atoms with Crippen molar-refractivity contribution in [2.75, 3.05) is 25.2 Å². The molecule has 92 valence electrons. The molecule has 1 fully saturated rings. The van der Waals surface area contributed by atoms with Crippen molar-refractivity contribution in [3.63, 3.8) is 0 Å². The minimum absolute atomic E-state index is 0.336. The Morgan fingerprint density at radius 1 is 1.53 bits per heavy atom. The molecule has 0 atom stereocenters. The van der Waals surface area contributed by atoms with Gasteiger partial charge in [0.2, 0.25) is 0 Å². The van der Waals surface area contributed by atoms with E-state index in [-0.39, 0.29) is 5.82 Å². The fourth-order valence-electron chi connectivity index (χ4n) is 1.90. The maximum absolute atomic E-state index is 13.9. The van der Waals surface area contributed by atoms with Crippen LogP contribution < -0.4 is 4.90 Å². The van der Waals surface area contributed by atoms with Gasteiger partial charge in [0.15, 0.2) is 0 Å². The van der Waals surface area contributed by atoms with E-state index in [2.05, 4.69) is 0 Å². The summed E-state index contributed by atoms with van der Waals surface area (Å²) in [5.41, 5.74) is 0.934. The molecule has 1 aliphatic carbocycles. The van der Waals surface area contributed by atoms with Gasteiger partial charge in [-0.25, -0.2) is 4.39 Å². The second-order valence-corrected chi connectivity index (χ2v) is 4.25. The highest BCUT2D eigenvalue weighted by molar-refractivity contribution is 5.76. The number of hydrogen-bond acceptors (Lipinski definition) is 3. The van der Waals surface area contributed by atoms with Gasteiger partial charge in [-0.3, -0.25) is 4.79 Å². The Morgan fingerprint density at radius 2 is 2.29 bits per heavy atom. The van der Waals surface area contributed by atoms with E-state index < -0.39 is 0 Å². The van der Waals surface area contributed by atoms with Crippen LogP contribution in [0.5, 0.6) is 0 Å². The summed E-state index contributed by atoms with van der Waals surface area (Å²) in [5.74, 6) is -0.336. The lowest BCUT2D eigenvalue weighted by Gasteiger charge is -2.24. The molecule has 1 aromatic carbocycles. The second-order valence-electron chi connectivity index (χ2n) is 4.25. The molecule has 1 aliphatic rings. The van der Waals surface area contributed by atoms with Gasteiger partial charge in [-0.1, -0.05) is 0 Å². The van der Waals surface area contributed by atoms with Crippen LogP contribution in [0.4, 0.5) is 10.1 Å². The maximum Gasteiger partial charge on any atom is 0.150 e. The van der Waals surface area contributed by atoms with Crippen molar-refractivity contribution in [2.45, 2.75) is 18.9 Å². The summed E-state index contributed by atoms with van der Waals surface area (Å²) >= 11 is 0. The number of carbonyl (C=O) groups is 1. The molecule has 0 heterocycles. The molecule has 1 saturated carbocycles. The summed E-state index contributed by atoms with van der Waals surface area (Å²) in [6, 6.07) is 5.02. The summed E-state index contributed by atoms with van der Waals surface area (Å²) in [4.78, 5) is 12.6. The van der Waals surface area contributed by atoms with Crippen molar-refractivity contribution >= 4 is 12.0 Å². The van der Waals surface area contributed by atoms with Gasteiger partial charge < -0.3 is 9.64 Å². The number of methoxy groups -OCH3 is 1. The van der Waals surface area contributed by atoms with Gasteiger partial charge >= 0.3 is 0 Å². The number of halogens is 1. The molecule has 0 N–H and O–H groups in total. The molecule has 0 spiro atoms. The van der Waals surface area contributed by atoms with Crippen LogP contribution in [0.2, 0.25) is 0 Å². The topological polar surface area (TPSA) is 29.5 Å². The molecular weight excluding hydrogens is 221 g/mol. The highest BCUT2D eigenvalue weighted by atomic mass is 19.1. The Balaban J connectivity index is 2.19. The van der Waals surface area contributed by atoms with Crippen molar-refractivity contribution in [1.82, 2.24) is 0 Å². The number of nitrogens with zero attached hydrogens (tertiary/aromatic N) is 1.